The van der Waals surface area contributed by atoms with Crippen LogP contribution >= 0.6 is 0 Å². The molecule has 1 aliphatic heterocycles. The molecular weight excluding hydrogens is 524 g/mol. The predicted octanol–water partition coefficient (Wildman–Crippen LogP) is 7.62. The molecule has 0 bridgehead atoms. The Balaban J connectivity index is 1.08. The van der Waals surface area contributed by atoms with Crippen LogP contribution in [0.25, 0.3) is 0 Å². The Hall–Kier alpha value is -1.11. The molecule has 0 aromatic carbocycles. The van der Waals surface area contributed by atoms with Gasteiger partial charge in [0.15, 0.2) is 0 Å². The predicted molar refractivity (Wildman–Crippen MR) is 169 cm³/mol. The van der Waals surface area contributed by atoms with E-state index in [1.807, 2.05) is 0 Å². The van der Waals surface area contributed by atoms with Gasteiger partial charge >= 0.3 is 6.09 Å². The summed E-state index contributed by atoms with van der Waals surface area (Å²) in [6, 6.07) is 0. The molecule has 0 aromatic rings. The van der Waals surface area contributed by atoms with Gasteiger partial charge in [-0.05, 0) is 98.2 Å². The quantitative estimate of drug-likeness (QED) is 0.178. The van der Waals surface area contributed by atoms with Gasteiger partial charge in [0.05, 0.1) is 26.4 Å². The summed E-state index contributed by atoms with van der Waals surface area (Å²) in [5, 5.41) is 2.93. The van der Waals surface area contributed by atoms with E-state index < -0.39 is 0 Å². The Morgan fingerprint density at radius 1 is 1.10 bits per heavy atom. The summed E-state index contributed by atoms with van der Waals surface area (Å²) >= 11 is 0. The van der Waals surface area contributed by atoms with Crippen molar-refractivity contribution in [3.63, 3.8) is 0 Å². The van der Waals surface area contributed by atoms with Gasteiger partial charge in [0.2, 0.25) is 0 Å². The zero-order valence-corrected chi connectivity index (χ0v) is 27.5. The summed E-state index contributed by atoms with van der Waals surface area (Å²) in [5.74, 6) is 4.37. The van der Waals surface area contributed by atoms with Crippen molar-refractivity contribution in [1.82, 2.24) is 10.2 Å². The highest BCUT2D eigenvalue weighted by molar-refractivity contribution is 5.67. The molecule has 42 heavy (non-hydrogen) atoms. The van der Waals surface area contributed by atoms with E-state index in [-0.39, 0.29) is 12.2 Å². The lowest BCUT2D eigenvalue weighted by Crippen LogP contribution is -2.51. The van der Waals surface area contributed by atoms with Gasteiger partial charge in [-0.15, -0.1) is 0 Å². The summed E-state index contributed by atoms with van der Waals surface area (Å²) in [6.07, 6.45) is 19.4. The minimum Gasteiger partial charge on any atom is -0.446 e. The van der Waals surface area contributed by atoms with Gasteiger partial charge in [0.25, 0.3) is 0 Å². The Morgan fingerprint density at radius 2 is 1.93 bits per heavy atom. The molecule has 5 rings (SSSR count). The van der Waals surface area contributed by atoms with Crippen molar-refractivity contribution < 1.29 is 19.0 Å². The fourth-order valence-electron chi connectivity index (χ4n) is 10.3. The van der Waals surface area contributed by atoms with Gasteiger partial charge in [-0.1, -0.05) is 58.6 Å². The average molecular weight is 587 g/mol. The topological polar surface area (TPSA) is 60.0 Å². The van der Waals surface area contributed by atoms with E-state index in [1.165, 1.54) is 70.6 Å². The van der Waals surface area contributed by atoms with Crippen LogP contribution in [0.5, 0.6) is 0 Å². The minimum absolute atomic E-state index is 0.00488. The number of hydrogen-bond acceptors (Lipinski definition) is 5. The van der Waals surface area contributed by atoms with Crippen LogP contribution < -0.4 is 5.32 Å². The second-order valence-electron chi connectivity index (χ2n) is 15.1. The van der Waals surface area contributed by atoms with Crippen molar-refractivity contribution >= 4 is 6.09 Å². The molecule has 7 unspecified atom stereocenters. The molecule has 6 nitrogen and oxygen atoms in total. The van der Waals surface area contributed by atoms with Gasteiger partial charge in [0.1, 0.15) is 6.10 Å². The molecule has 3 saturated carbocycles. The van der Waals surface area contributed by atoms with Gasteiger partial charge < -0.3 is 19.5 Å². The molecule has 4 aliphatic carbocycles. The van der Waals surface area contributed by atoms with E-state index in [1.54, 1.807) is 5.57 Å². The number of fused-ring (bicyclic) bond motifs is 5. The molecule has 4 fully saturated rings. The number of morpholine rings is 1. The number of carbonyl (C=O) groups excluding carboxylic acids is 1. The van der Waals surface area contributed by atoms with Crippen molar-refractivity contribution in [3.8, 4) is 0 Å². The Bertz CT molecular complexity index is 901. The molecule has 7 atom stereocenters. The molecular formula is C36H62N2O4. The fourth-order valence-corrected chi connectivity index (χ4v) is 10.3. The number of allylic oxidation sites excluding steroid dienone is 1. The van der Waals surface area contributed by atoms with Crippen LogP contribution in [0.15, 0.2) is 11.6 Å². The Morgan fingerprint density at radius 3 is 2.71 bits per heavy atom. The molecule has 240 valence electrons. The molecule has 5 aliphatic rings. The summed E-state index contributed by atoms with van der Waals surface area (Å²) in [5.41, 5.74) is 2.52. The molecule has 1 heterocycles. The van der Waals surface area contributed by atoms with Crippen LogP contribution in [0.4, 0.5) is 4.79 Å². The zero-order chi connectivity index (χ0) is 29.6. The van der Waals surface area contributed by atoms with Crippen LogP contribution in [0.2, 0.25) is 0 Å². The number of nitrogens with one attached hydrogen (secondary N) is 1. The first kappa shape index (κ1) is 32.3. The number of hydrogen-bond donors (Lipinski definition) is 1. The maximum Gasteiger partial charge on any atom is 0.407 e. The number of carbonyl (C=O) groups is 1. The third kappa shape index (κ3) is 7.23. The smallest absolute Gasteiger partial charge is 0.407 e. The summed E-state index contributed by atoms with van der Waals surface area (Å²) < 4.78 is 17.1. The zero-order valence-electron chi connectivity index (χ0n) is 27.5. The third-order valence-corrected chi connectivity index (χ3v) is 12.6. The number of amides is 1. The first-order valence-corrected chi connectivity index (χ1v) is 17.9. The second-order valence-corrected chi connectivity index (χ2v) is 15.1. The highest BCUT2D eigenvalue weighted by Gasteiger charge is 2.59. The van der Waals surface area contributed by atoms with Gasteiger partial charge in [-0.2, -0.15) is 0 Å². The largest absolute Gasteiger partial charge is 0.446 e. The molecule has 1 saturated heterocycles. The molecule has 1 N–H and O–H groups in total. The summed E-state index contributed by atoms with van der Waals surface area (Å²) in [7, 11) is 0. The standard InChI is InChI=1S/C36H62N2O4/c1-5-36-17-14-30(42-34(39)37-18-22-40-23-19-38-20-24-41-25-21-38)26-29(36)10-12-31-32-13-11-28(9-7-6-8-27(2)3)35(32,4)16-15-33(31)36/h10,27-28,30-33H,5-9,11-26H2,1-4H3,(H,37,39). The maximum absolute atomic E-state index is 12.6. The SMILES string of the molecule is CCC12CCC(OC(=O)NCCOCCN3CCOCC3)CC1=CCC1C2CCC2(C)C(CCCCC(C)C)CCC12. The van der Waals surface area contributed by atoms with E-state index >= 15 is 0 Å². The lowest BCUT2D eigenvalue weighted by molar-refractivity contribution is -0.0597. The first-order chi connectivity index (χ1) is 20.4. The average Bonchev–Trinajstić information content (AvgIpc) is 3.33. The Kier molecular flexibility index (Phi) is 11.4. The highest BCUT2D eigenvalue weighted by atomic mass is 16.6. The molecule has 0 spiro atoms. The van der Waals surface area contributed by atoms with Crippen LogP contribution in [-0.4, -0.2) is 69.7 Å². The summed E-state index contributed by atoms with van der Waals surface area (Å²) in [4.78, 5) is 15.0. The first-order valence-electron chi connectivity index (χ1n) is 17.9. The summed E-state index contributed by atoms with van der Waals surface area (Å²) in [6.45, 7) is 16.1. The van der Waals surface area contributed by atoms with Crippen LogP contribution in [0.1, 0.15) is 111 Å². The van der Waals surface area contributed by atoms with E-state index in [0.717, 1.165) is 75.3 Å². The van der Waals surface area contributed by atoms with Crippen LogP contribution in [-0.2, 0) is 14.2 Å². The fraction of sp³-hybridized carbons (Fsp3) is 0.917. The Labute approximate surface area is 257 Å². The monoisotopic (exact) mass is 586 g/mol. The molecule has 6 heteroatoms. The van der Waals surface area contributed by atoms with Crippen molar-refractivity contribution in [2.45, 2.75) is 117 Å². The lowest BCUT2D eigenvalue weighted by atomic mass is 9.46. The minimum atomic E-state index is -0.283. The maximum atomic E-state index is 12.6. The normalized spacial score (nSPS) is 36.6. The highest BCUT2D eigenvalue weighted by Crippen LogP contribution is 2.67. The van der Waals surface area contributed by atoms with Gasteiger partial charge in [0, 0.05) is 32.6 Å². The number of rotatable bonds is 13. The van der Waals surface area contributed by atoms with E-state index in [2.05, 4.69) is 44.0 Å². The van der Waals surface area contributed by atoms with Gasteiger partial charge in [-0.25, -0.2) is 4.79 Å². The number of alkyl carbamates (subject to hydrolysis) is 1. The van der Waals surface area contributed by atoms with E-state index in [0.29, 0.717) is 30.6 Å². The number of ether oxygens (including phenoxy) is 3. The second kappa shape index (κ2) is 14.8. The molecule has 0 radical (unpaired) electrons. The number of nitrogens with zero attached hydrogens (tertiary/aromatic N) is 1. The van der Waals surface area contributed by atoms with Crippen molar-refractivity contribution in [2.75, 3.05) is 52.6 Å². The third-order valence-electron chi connectivity index (χ3n) is 12.6. The van der Waals surface area contributed by atoms with Crippen LogP contribution in [0.3, 0.4) is 0 Å². The lowest BCUT2D eigenvalue weighted by Gasteiger charge is -2.59. The van der Waals surface area contributed by atoms with E-state index in [4.69, 9.17) is 14.2 Å². The van der Waals surface area contributed by atoms with Crippen LogP contribution in [0, 0.1) is 40.4 Å². The van der Waals surface area contributed by atoms with Crippen molar-refractivity contribution in [3.05, 3.63) is 11.6 Å². The molecule has 0 aromatic heterocycles. The van der Waals surface area contributed by atoms with Gasteiger partial charge in [-0.3, -0.25) is 4.90 Å². The van der Waals surface area contributed by atoms with Crippen molar-refractivity contribution in [1.29, 1.82) is 0 Å². The van der Waals surface area contributed by atoms with Crippen molar-refractivity contribution in [2.24, 2.45) is 40.4 Å². The van der Waals surface area contributed by atoms with E-state index in [9.17, 15) is 4.79 Å². The molecule has 1 amide bonds. The number of unbranched alkanes of at least 4 members (excludes halogenated alkanes) is 1.